The molecule has 3 N–H and O–H groups in total. The highest BCUT2D eigenvalue weighted by atomic mass is 31.2. The molecular weight excluding hydrogens is 535 g/mol. The highest BCUT2D eigenvalue weighted by Crippen LogP contribution is 2.53. The van der Waals surface area contributed by atoms with Crippen molar-refractivity contribution in [2.75, 3.05) is 54.6 Å². The molecule has 40 heavy (non-hydrogen) atoms. The van der Waals surface area contributed by atoms with Gasteiger partial charge >= 0.3 is 0 Å². The van der Waals surface area contributed by atoms with Crippen LogP contribution in [0.4, 0.5) is 0 Å². The number of ether oxygens (including phenoxy) is 2. The van der Waals surface area contributed by atoms with Crippen LogP contribution in [0.3, 0.4) is 0 Å². The van der Waals surface area contributed by atoms with Crippen molar-refractivity contribution in [3.63, 3.8) is 0 Å². The van der Waals surface area contributed by atoms with E-state index in [1.165, 1.54) is 14.2 Å². The van der Waals surface area contributed by atoms with E-state index in [9.17, 15) is 5.11 Å². The van der Waals surface area contributed by atoms with Crippen LogP contribution in [0.5, 0.6) is 0 Å². The molecule has 11 nitrogen and oxygen atoms in total. The van der Waals surface area contributed by atoms with Crippen LogP contribution >= 0.6 is 8.53 Å². The van der Waals surface area contributed by atoms with E-state index >= 15 is 0 Å². The van der Waals surface area contributed by atoms with Gasteiger partial charge in [-0.2, -0.15) is 0 Å². The molecule has 4 rings (SSSR count). The third-order valence-corrected chi connectivity index (χ3v) is 10.0. The van der Waals surface area contributed by atoms with Crippen LogP contribution in [0.25, 0.3) is 4.85 Å². The quantitative estimate of drug-likeness (QED) is 0.217. The Morgan fingerprint density at radius 1 is 1.10 bits per heavy atom. The topological polar surface area (TPSA) is 112 Å². The number of nitrogens with zero attached hydrogens (tertiary/aromatic N) is 4. The summed E-state index contributed by atoms with van der Waals surface area (Å²) in [6.45, 7) is 18.6. The molecule has 0 amide bonds. The van der Waals surface area contributed by atoms with Crippen molar-refractivity contribution < 1.29 is 39.3 Å². The van der Waals surface area contributed by atoms with Crippen molar-refractivity contribution in [3.05, 3.63) is 11.4 Å². The summed E-state index contributed by atoms with van der Waals surface area (Å²) in [7, 11) is 5.01. The fourth-order valence-electron chi connectivity index (χ4n) is 5.31. The average molecular weight is 605 g/mol. The summed E-state index contributed by atoms with van der Waals surface area (Å²) in [6.07, 6.45) is -1.07. The molecule has 1 unspecified atom stereocenters. The highest BCUT2D eigenvalue weighted by molar-refractivity contribution is 7.44. The summed E-state index contributed by atoms with van der Waals surface area (Å²) < 4.78 is 68.8. The monoisotopic (exact) mass is 604 g/mol. The van der Waals surface area contributed by atoms with Crippen LogP contribution in [0.15, 0.2) is 0 Å². The number of hydrogen-bond donors (Lipinski definition) is 3. The van der Waals surface area contributed by atoms with Gasteiger partial charge in [0.05, 0.1) is 28.0 Å². The van der Waals surface area contributed by atoms with E-state index in [4.69, 9.17) is 33.4 Å². The molecule has 11 atom stereocenters. The van der Waals surface area contributed by atoms with Gasteiger partial charge in [0.15, 0.2) is 0 Å². The highest BCUT2D eigenvalue weighted by Gasteiger charge is 2.62. The van der Waals surface area contributed by atoms with Gasteiger partial charge in [-0.3, -0.25) is 9.80 Å². The molecular formula is C28H59N4O7P. The maximum absolute atomic E-state index is 9.88. The van der Waals surface area contributed by atoms with Crippen LogP contribution < -0.4 is 0 Å². The molecule has 238 valence electrons. The predicted octanol–water partition coefficient (Wildman–Crippen LogP) is 2.84. The lowest BCUT2D eigenvalue weighted by atomic mass is 9.96. The van der Waals surface area contributed by atoms with Crippen LogP contribution in [-0.4, -0.2) is 147 Å². The average Bonchev–Trinajstić information content (AvgIpc) is 3.54. The lowest BCUT2D eigenvalue weighted by Gasteiger charge is -2.38. The van der Waals surface area contributed by atoms with Gasteiger partial charge in [0.2, 0.25) is 9.41 Å². The zero-order chi connectivity index (χ0) is 34.9. The van der Waals surface area contributed by atoms with E-state index in [1.54, 1.807) is 0 Å². The van der Waals surface area contributed by atoms with Crippen molar-refractivity contribution in [1.82, 2.24) is 14.5 Å². The Kier molecular flexibility index (Phi) is 12.6. The van der Waals surface area contributed by atoms with Crippen molar-refractivity contribution in [3.8, 4) is 0 Å². The predicted molar refractivity (Wildman–Crippen MR) is 161 cm³/mol. The van der Waals surface area contributed by atoms with Crippen molar-refractivity contribution >= 4 is 8.53 Å². The Labute approximate surface area is 254 Å². The number of rotatable bonds is 8. The number of aliphatic hydroxyl groups excluding tert-OH is 3. The van der Waals surface area contributed by atoms with E-state index in [0.717, 1.165) is 0 Å². The minimum absolute atomic E-state index is 0. The second kappa shape index (κ2) is 17.0. The molecule has 0 saturated carbocycles. The van der Waals surface area contributed by atoms with Gasteiger partial charge in [-0.1, -0.05) is 7.43 Å². The standard InChI is InChI=1S/C17H32N3O3P.C8H15NO2.2CH4O.CH4/c1-12(2)20(13(3)4)24(22-10-9-18-7)23-16-15-11-21-17(16,6)14(5)19(15)8;1-5-8(2)7(10)6(4-11-8)9(5)3;2*1-2;/h12-16H,9-11H2,1-6,8H3;5-7,10H,4H2,1-3H3;2*2H,1H3;1H4/t14-,15+,16+,17+,24?;5-,6+,7+,8+;;;/m11.../s1/i6D,11T;2D,4T;2*2T;/t11-,14-,15+,16+,17+,24?;4-,5-,6+,7+,8+;;;. The Morgan fingerprint density at radius 2 is 1.57 bits per heavy atom. The number of likely N-dealkylation sites (tertiary alicyclic amines) is 2. The van der Waals surface area contributed by atoms with E-state index in [-0.39, 0.29) is 70.1 Å². The summed E-state index contributed by atoms with van der Waals surface area (Å²) >= 11 is 0. The first-order valence-corrected chi connectivity index (χ1v) is 14.3. The van der Waals surface area contributed by atoms with Crippen molar-refractivity contribution in [1.29, 1.82) is 2.86 Å². The molecule has 0 aromatic carbocycles. The van der Waals surface area contributed by atoms with Gasteiger partial charge in [0.1, 0.15) is 30.0 Å². The smallest absolute Gasteiger partial charge is 0.259 e. The fraction of sp³-hybridized carbons (Fsp3) is 0.964. The molecule has 0 aromatic heterocycles. The summed E-state index contributed by atoms with van der Waals surface area (Å²) in [5.41, 5.74) is -1.64. The van der Waals surface area contributed by atoms with Crippen LogP contribution in [0, 0.1) is 6.57 Å². The molecule has 0 spiro atoms. The first kappa shape index (κ1) is 29.6. The molecule has 4 heterocycles. The van der Waals surface area contributed by atoms with E-state index in [1.807, 2.05) is 32.8 Å². The van der Waals surface area contributed by atoms with Crippen LogP contribution in [0.2, 0.25) is 0 Å². The Morgan fingerprint density at radius 3 is 2.02 bits per heavy atom. The molecule has 12 heteroatoms. The maximum Gasteiger partial charge on any atom is 0.259 e. The van der Waals surface area contributed by atoms with Gasteiger partial charge in [0, 0.05) is 41.1 Å². The fourth-order valence-corrected chi connectivity index (χ4v) is 7.10. The summed E-state index contributed by atoms with van der Waals surface area (Å²) in [5.74, 6) is 0. The second-order valence-electron chi connectivity index (χ2n) is 10.6. The molecule has 4 bridgehead atoms. The normalized spacial score (nSPS) is 42.4. The lowest BCUT2D eigenvalue weighted by molar-refractivity contribution is -0.0799. The molecule has 0 aromatic rings. The SMILES string of the molecule is C.[2H]C[C@@]12O[C@H]([3H])[C@@H]([C@@H]1O)N(C)[C@@H]2C.[2H]C[C@@]12O[C@H]([3H])[C@@H]([C@@H]1OP(OCC[N+]#[C-])N(C(C)C)C(C)C)N(C)[C@@H]2C.[3H]OC.[3H]OC. The molecule has 4 aliphatic heterocycles. The Bertz CT molecular complexity index is 911. The first-order chi connectivity index (χ1) is 21.1. The molecule has 0 radical (unpaired) electrons. The number of hydrogen-bond acceptors (Lipinski definition) is 10. The van der Waals surface area contributed by atoms with Gasteiger partial charge in [-0.05, 0) is 69.4 Å². The van der Waals surface area contributed by atoms with E-state index in [0.29, 0.717) is 6.61 Å². The number of likely N-dealkylation sites (N-methyl/N-ethyl adjacent to an activating group) is 2. The van der Waals surface area contributed by atoms with Crippen molar-refractivity contribution in [2.24, 2.45) is 0 Å². The zero-order valence-corrected chi connectivity index (χ0v) is 26.1. The van der Waals surface area contributed by atoms with E-state index in [2.05, 4.69) is 52.3 Å². The third-order valence-electron chi connectivity index (χ3n) is 7.90. The van der Waals surface area contributed by atoms with Gasteiger partial charge in [-0.15, -0.1) is 0 Å². The Hall–Kier alpha value is -0.480. The van der Waals surface area contributed by atoms with Crippen molar-refractivity contribution in [2.45, 2.75) is 122 Å². The summed E-state index contributed by atoms with van der Waals surface area (Å²) in [5, 5.41) is 16.9. The molecule has 4 fully saturated rings. The molecule has 4 saturated heterocycles. The Balaban J connectivity index is 0.000000840. The second-order valence-corrected chi connectivity index (χ2v) is 12.0. The van der Waals surface area contributed by atoms with E-state index < -0.39 is 39.0 Å². The lowest BCUT2D eigenvalue weighted by Crippen LogP contribution is -2.47. The number of morpholine rings is 2. The molecule has 0 aliphatic carbocycles. The number of fused-ring (bicyclic) bond motifs is 4. The zero-order valence-electron chi connectivity index (χ0n) is 31.2. The van der Waals surface area contributed by atoms with Gasteiger partial charge < -0.3 is 38.7 Å². The largest absolute Gasteiger partial charge is 0.400 e. The maximum atomic E-state index is 9.88. The molecule has 4 aliphatic rings. The van der Waals surface area contributed by atoms with Gasteiger partial charge in [0.25, 0.3) is 8.53 Å². The third kappa shape index (κ3) is 7.72. The first-order valence-electron chi connectivity index (χ1n) is 16.6. The summed E-state index contributed by atoms with van der Waals surface area (Å²) in [4.78, 5) is 7.41. The van der Waals surface area contributed by atoms with Gasteiger partial charge in [-0.25, -0.2) is 11.2 Å². The summed E-state index contributed by atoms with van der Waals surface area (Å²) in [6, 6.07) is -0.0352. The van der Waals surface area contributed by atoms with Crippen LogP contribution in [-0.2, 0) is 18.5 Å². The minimum atomic E-state index is -1.42. The number of aliphatic hydroxyl groups is 3. The van der Waals surface area contributed by atoms with Crippen LogP contribution in [0.1, 0.15) is 68.3 Å². The minimum Gasteiger partial charge on any atom is -0.400 e.